The fraction of sp³-hybridized carbons (Fsp3) is 0.462. The van der Waals surface area contributed by atoms with Crippen LogP contribution in [-0.4, -0.2) is 41.1 Å². The van der Waals surface area contributed by atoms with Gasteiger partial charge in [-0.1, -0.05) is 23.7 Å². The number of likely N-dealkylation sites (tertiary alicyclic amines) is 1. The average Bonchev–Trinajstić information content (AvgIpc) is 2.26. The maximum Gasteiger partial charge on any atom is 0.225 e. The molecule has 0 atom stereocenters. The van der Waals surface area contributed by atoms with Crippen molar-refractivity contribution in [3.05, 3.63) is 29.3 Å². The van der Waals surface area contributed by atoms with E-state index < -0.39 is 5.60 Å². The summed E-state index contributed by atoms with van der Waals surface area (Å²) < 4.78 is 0. The summed E-state index contributed by atoms with van der Waals surface area (Å²) in [5, 5.41) is 12.9. The van der Waals surface area contributed by atoms with Crippen molar-refractivity contribution < 1.29 is 9.90 Å². The normalized spacial score (nSPS) is 18.2. The Morgan fingerprint density at radius 3 is 2.78 bits per heavy atom. The molecule has 98 valence electrons. The number of halogens is 1. The summed E-state index contributed by atoms with van der Waals surface area (Å²) >= 11 is 5.95. The monoisotopic (exact) mass is 268 g/mol. The van der Waals surface area contributed by atoms with Crippen molar-refractivity contribution in [2.75, 3.05) is 25.0 Å². The van der Waals surface area contributed by atoms with Crippen LogP contribution in [0.3, 0.4) is 0 Å². The minimum Gasteiger partial charge on any atom is -0.388 e. The smallest absolute Gasteiger partial charge is 0.225 e. The van der Waals surface area contributed by atoms with E-state index in [1.54, 1.807) is 19.1 Å². The molecule has 1 heterocycles. The van der Waals surface area contributed by atoms with Crippen molar-refractivity contribution in [2.24, 2.45) is 0 Å². The molecule has 2 N–H and O–H groups in total. The van der Waals surface area contributed by atoms with Gasteiger partial charge in [-0.2, -0.15) is 0 Å². The maximum absolute atomic E-state index is 11.7. The van der Waals surface area contributed by atoms with Crippen molar-refractivity contribution in [2.45, 2.75) is 18.9 Å². The lowest BCUT2D eigenvalue weighted by atomic mass is 9.97. The number of carbonyl (C=O) groups excluding carboxylic acids is 1. The molecule has 1 amide bonds. The Morgan fingerprint density at radius 2 is 2.17 bits per heavy atom. The van der Waals surface area contributed by atoms with Crippen molar-refractivity contribution in [3.8, 4) is 0 Å². The Balaban J connectivity index is 1.75. The van der Waals surface area contributed by atoms with Crippen LogP contribution < -0.4 is 5.32 Å². The molecule has 0 spiro atoms. The molecule has 2 rings (SSSR count). The summed E-state index contributed by atoms with van der Waals surface area (Å²) in [6.07, 6.45) is 0.404. The van der Waals surface area contributed by atoms with Crippen LogP contribution in [0.2, 0.25) is 5.02 Å². The largest absolute Gasteiger partial charge is 0.388 e. The van der Waals surface area contributed by atoms with Gasteiger partial charge >= 0.3 is 0 Å². The highest BCUT2D eigenvalue weighted by atomic mass is 35.5. The third-order valence-corrected chi connectivity index (χ3v) is 3.26. The van der Waals surface area contributed by atoms with E-state index in [-0.39, 0.29) is 5.91 Å². The first kappa shape index (κ1) is 13.3. The molecule has 0 radical (unpaired) electrons. The van der Waals surface area contributed by atoms with Crippen LogP contribution in [0.4, 0.5) is 5.69 Å². The first-order valence-electron chi connectivity index (χ1n) is 5.95. The van der Waals surface area contributed by atoms with Crippen LogP contribution >= 0.6 is 11.6 Å². The Kier molecular flexibility index (Phi) is 3.90. The molecule has 18 heavy (non-hydrogen) atoms. The molecular weight excluding hydrogens is 252 g/mol. The van der Waals surface area contributed by atoms with Crippen LogP contribution in [0.5, 0.6) is 0 Å². The fourth-order valence-electron chi connectivity index (χ4n) is 2.11. The lowest BCUT2D eigenvalue weighted by Gasteiger charge is -2.44. The molecule has 1 fully saturated rings. The number of carbonyl (C=O) groups is 1. The first-order chi connectivity index (χ1) is 8.46. The molecule has 1 aliphatic rings. The van der Waals surface area contributed by atoms with E-state index in [1.807, 2.05) is 17.0 Å². The molecule has 0 unspecified atom stereocenters. The van der Waals surface area contributed by atoms with Crippen LogP contribution in [0, 0.1) is 0 Å². The number of hydrogen-bond donors (Lipinski definition) is 2. The van der Waals surface area contributed by atoms with Crippen LogP contribution in [0.1, 0.15) is 13.3 Å². The Bertz CT molecular complexity index is 440. The number of nitrogens with zero attached hydrogens (tertiary/aromatic N) is 1. The Hall–Kier alpha value is -1.10. The second kappa shape index (κ2) is 5.26. The van der Waals surface area contributed by atoms with E-state index >= 15 is 0 Å². The van der Waals surface area contributed by atoms with E-state index in [0.717, 1.165) is 0 Å². The Morgan fingerprint density at radius 1 is 1.50 bits per heavy atom. The average molecular weight is 269 g/mol. The van der Waals surface area contributed by atoms with Gasteiger partial charge in [0.25, 0.3) is 0 Å². The van der Waals surface area contributed by atoms with Gasteiger partial charge in [0.05, 0.1) is 16.3 Å². The van der Waals surface area contributed by atoms with E-state index in [1.165, 1.54) is 0 Å². The molecular formula is C13H17ClN2O2. The quantitative estimate of drug-likeness (QED) is 0.875. The topological polar surface area (TPSA) is 52.6 Å². The predicted octanol–water partition coefficient (Wildman–Crippen LogP) is 1.74. The zero-order valence-corrected chi connectivity index (χ0v) is 11.1. The van der Waals surface area contributed by atoms with Gasteiger partial charge < -0.3 is 10.4 Å². The highest BCUT2D eigenvalue weighted by molar-refractivity contribution is 6.33. The maximum atomic E-state index is 11.7. The molecule has 0 saturated carbocycles. The fourth-order valence-corrected chi connectivity index (χ4v) is 2.29. The predicted molar refractivity (Wildman–Crippen MR) is 71.8 cm³/mol. The standard InChI is InChI=1S/C13H17ClN2O2/c1-13(18)8-16(9-13)7-6-12(17)15-11-5-3-2-4-10(11)14/h2-5,18H,6-9H2,1H3,(H,15,17). The first-order valence-corrected chi connectivity index (χ1v) is 6.33. The lowest BCUT2D eigenvalue weighted by molar-refractivity contribution is -0.119. The highest BCUT2D eigenvalue weighted by Crippen LogP contribution is 2.21. The van der Waals surface area contributed by atoms with Gasteiger partial charge in [0.2, 0.25) is 5.91 Å². The summed E-state index contributed by atoms with van der Waals surface area (Å²) in [6.45, 7) is 3.72. The summed E-state index contributed by atoms with van der Waals surface area (Å²) in [5.74, 6) is -0.0605. The minimum absolute atomic E-state index is 0.0605. The van der Waals surface area contributed by atoms with E-state index in [9.17, 15) is 9.90 Å². The molecule has 1 aromatic rings. The molecule has 5 heteroatoms. The molecule has 0 aromatic heterocycles. The van der Waals surface area contributed by atoms with E-state index in [4.69, 9.17) is 11.6 Å². The second-order valence-electron chi connectivity index (χ2n) is 4.99. The third-order valence-electron chi connectivity index (χ3n) is 2.93. The number of rotatable bonds is 4. The van der Waals surface area contributed by atoms with Gasteiger partial charge in [0.15, 0.2) is 0 Å². The number of para-hydroxylation sites is 1. The lowest BCUT2D eigenvalue weighted by Crippen LogP contribution is -2.60. The summed E-state index contributed by atoms with van der Waals surface area (Å²) in [4.78, 5) is 13.8. The van der Waals surface area contributed by atoms with Gasteiger partial charge in [-0.25, -0.2) is 0 Å². The number of benzene rings is 1. The number of β-amino-alcohol motifs (C(OH)–C–C–N with tert-alkyl or cyclic N) is 1. The van der Waals surface area contributed by atoms with Gasteiger partial charge in [0, 0.05) is 26.1 Å². The van der Waals surface area contributed by atoms with Crippen molar-refractivity contribution >= 4 is 23.2 Å². The van der Waals surface area contributed by atoms with Crippen LogP contribution in [0.15, 0.2) is 24.3 Å². The molecule has 0 aliphatic carbocycles. The minimum atomic E-state index is -0.584. The van der Waals surface area contributed by atoms with Gasteiger partial charge in [-0.15, -0.1) is 0 Å². The van der Waals surface area contributed by atoms with Crippen molar-refractivity contribution in [3.63, 3.8) is 0 Å². The second-order valence-corrected chi connectivity index (χ2v) is 5.39. The summed E-state index contributed by atoms with van der Waals surface area (Å²) in [7, 11) is 0. The molecule has 1 saturated heterocycles. The van der Waals surface area contributed by atoms with Gasteiger partial charge in [-0.3, -0.25) is 9.69 Å². The summed E-state index contributed by atoms with van der Waals surface area (Å²) in [6, 6.07) is 7.16. The molecule has 1 aromatic carbocycles. The molecule has 0 bridgehead atoms. The summed E-state index contributed by atoms with van der Waals surface area (Å²) in [5.41, 5.74) is 0.0546. The SMILES string of the molecule is CC1(O)CN(CCC(=O)Nc2ccccc2Cl)C1. The number of nitrogens with one attached hydrogen (secondary N) is 1. The van der Waals surface area contributed by atoms with Gasteiger partial charge in [-0.05, 0) is 19.1 Å². The third kappa shape index (κ3) is 3.45. The van der Waals surface area contributed by atoms with Crippen LogP contribution in [-0.2, 0) is 4.79 Å². The Labute approximate surface area is 112 Å². The van der Waals surface area contributed by atoms with Gasteiger partial charge in [0.1, 0.15) is 0 Å². The number of aliphatic hydroxyl groups is 1. The molecule has 4 nitrogen and oxygen atoms in total. The number of amides is 1. The van der Waals surface area contributed by atoms with E-state index in [0.29, 0.717) is 36.8 Å². The van der Waals surface area contributed by atoms with Crippen molar-refractivity contribution in [1.29, 1.82) is 0 Å². The van der Waals surface area contributed by atoms with Crippen molar-refractivity contribution in [1.82, 2.24) is 4.90 Å². The highest BCUT2D eigenvalue weighted by Gasteiger charge is 2.35. The zero-order valence-electron chi connectivity index (χ0n) is 10.3. The van der Waals surface area contributed by atoms with Crippen LogP contribution in [0.25, 0.3) is 0 Å². The number of anilines is 1. The number of hydrogen-bond acceptors (Lipinski definition) is 3. The zero-order chi connectivity index (χ0) is 13.2. The van der Waals surface area contributed by atoms with E-state index in [2.05, 4.69) is 5.32 Å². The molecule has 1 aliphatic heterocycles.